The van der Waals surface area contributed by atoms with Gasteiger partial charge in [-0.25, -0.2) is 5.06 Å². The summed E-state index contributed by atoms with van der Waals surface area (Å²) in [7, 11) is 3.57. The lowest BCUT2D eigenvalue weighted by atomic mass is 10.7. The molecule has 0 atom stereocenters. The highest BCUT2D eigenvalue weighted by Crippen LogP contribution is 1.92. The summed E-state index contributed by atoms with van der Waals surface area (Å²) in [4.78, 5) is 5.10. The van der Waals surface area contributed by atoms with Crippen molar-refractivity contribution in [2.24, 2.45) is 0 Å². The van der Waals surface area contributed by atoms with Crippen molar-refractivity contribution in [2.45, 2.75) is 0 Å². The Hall–Kier alpha value is -0.960. The number of rotatable bonds is 5. The van der Waals surface area contributed by atoms with Crippen molar-refractivity contribution in [3.05, 3.63) is 25.1 Å². The first-order valence-electron chi connectivity index (χ1n) is 3.06. The molecule has 10 heavy (non-hydrogen) atoms. The first-order valence-corrected chi connectivity index (χ1v) is 3.06. The molecule has 0 unspecified atom stereocenters. The Morgan fingerprint density at radius 1 is 1.80 bits per heavy atom. The second-order valence-electron chi connectivity index (χ2n) is 1.78. The van der Waals surface area contributed by atoms with Crippen molar-refractivity contribution in [1.29, 1.82) is 0 Å². The van der Waals surface area contributed by atoms with Crippen LogP contribution >= 0.6 is 0 Å². The summed E-state index contributed by atoms with van der Waals surface area (Å²) in [6.07, 6.45) is 1.68. The van der Waals surface area contributed by atoms with E-state index in [4.69, 9.17) is 4.84 Å². The smallest absolute Gasteiger partial charge is 0.118 e. The fourth-order valence-electron chi connectivity index (χ4n) is 0.400. The molecule has 0 aliphatic carbocycles. The maximum absolute atomic E-state index is 5.10. The first kappa shape index (κ1) is 9.04. The van der Waals surface area contributed by atoms with E-state index >= 15 is 0 Å². The van der Waals surface area contributed by atoms with Crippen LogP contribution in [0.5, 0.6) is 0 Å². The van der Waals surface area contributed by atoms with Crippen LogP contribution in [0.1, 0.15) is 0 Å². The minimum Gasteiger partial charge on any atom is -0.374 e. The fraction of sp³-hybridized carbons (Fsp3) is 0.429. The first-order chi connectivity index (χ1) is 4.72. The largest absolute Gasteiger partial charge is 0.374 e. The molecule has 0 saturated carbocycles. The highest BCUT2D eigenvalue weighted by Gasteiger charge is 1.95. The van der Waals surface area contributed by atoms with Crippen LogP contribution in [0.2, 0.25) is 0 Å². The minimum atomic E-state index is 0.497. The average Bonchev–Trinajstić information content (AvgIpc) is 1.98. The van der Waals surface area contributed by atoms with Gasteiger partial charge in [0.05, 0.1) is 6.61 Å². The molecule has 0 aliphatic rings. The van der Waals surface area contributed by atoms with Gasteiger partial charge in [0.1, 0.15) is 5.82 Å². The highest BCUT2D eigenvalue weighted by molar-refractivity contribution is 4.83. The van der Waals surface area contributed by atoms with Gasteiger partial charge in [-0.1, -0.05) is 12.7 Å². The third-order valence-corrected chi connectivity index (χ3v) is 1.05. The molecule has 0 bridgehead atoms. The monoisotopic (exact) mass is 142 g/mol. The summed E-state index contributed by atoms with van der Waals surface area (Å²) < 4.78 is 0. The van der Waals surface area contributed by atoms with Gasteiger partial charge in [-0.05, 0) is 0 Å². The Bertz CT molecular complexity index is 123. The quantitative estimate of drug-likeness (QED) is 0.452. The number of nitrogens with one attached hydrogen (secondary N) is 1. The van der Waals surface area contributed by atoms with Gasteiger partial charge in [0.2, 0.25) is 0 Å². The van der Waals surface area contributed by atoms with Gasteiger partial charge in [0, 0.05) is 14.1 Å². The van der Waals surface area contributed by atoms with E-state index in [9.17, 15) is 0 Å². The molecular formula is C7H14N2O. The maximum Gasteiger partial charge on any atom is 0.118 e. The van der Waals surface area contributed by atoms with Gasteiger partial charge in [-0.3, -0.25) is 4.84 Å². The van der Waals surface area contributed by atoms with E-state index in [1.807, 2.05) is 0 Å². The predicted octanol–water partition coefficient (Wildman–Crippen LogP) is 0.726. The summed E-state index contributed by atoms with van der Waals surface area (Å²) >= 11 is 0. The van der Waals surface area contributed by atoms with Gasteiger partial charge in [0.25, 0.3) is 0 Å². The predicted molar refractivity (Wildman–Crippen MR) is 42.1 cm³/mol. The van der Waals surface area contributed by atoms with Gasteiger partial charge in [-0.15, -0.1) is 6.58 Å². The average molecular weight is 142 g/mol. The van der Waals surface area contributed by atoms with E-state index in [1.165, 1.54) is 0 Å². The van der Waals surface area contributed by atoms with E-state index < -0.39 is 0 Å². The summed E-state index contributed by atoms with van der Waals surface area (Å²) in [6, 6.07) is 0. The summed E-state index contributed by atoms with van der Waals surface area (Å²) in [5.74, 6) is 0.724. The van der Waals surface area contributed by atoms with Crippen LogP contribution in [0.3, 0.4) is 0 Å². The Balaban J connectivity index is 3.50. The van der Waals surface area contributed by atoms with Crippen LogP contribution in [0.15, 0.2) is 25.1 Å². The molecule has 0 aromatic heterocycles. The molecule has 3 heteroatoms. The summed E-state index contributed by atoms with van der Waals surface area (Å²) in [5, 5.41) is 4.40. The molecule has 58 valence electrons. The SMILES string of the molecule is C=CCON(C)C(=C)NC. The fourth-order valence-corrected chi connectivity index (χ4v) is 0.400. The van der Waals surface area contributed by atoms with E-state index in [-0.39, 0.29) is 0 Å². The van der Waals surface area contributed by atoms with Crippen molar-refractivity contribution in [2.75, 3.05) is 20.7 Å². The lowest BCUT2D eigenvalue weighted by molar-refractivity contribution is -0.102. The number of nitrogens with zero attached hydrogens (tertiary/aromatic N) is 1. The zero-order valence-corrected chi connectivity index (χ0v) is 6.55. The molecular weight excluding hydrogens is 128 g/mol. The van der Waals surface area contributed by atoms with Crippen LogP contribution < -0.4 is 5.32 Å². The van der Waals surface area contributed by atoms with Crippen molar-refractivity contribution in [3.63, 3.8) is 0 Å². The molecule has 0 rings (SSSR count). The van der Waals surface area contributed by atoms with Crippen molar-refractivity contribution in [3.8, 4) is 0 Å². The molecule has 0 aromatic carbocycles. The number of hydroxylamine groups is 2. The van der Waals surface area contributed by atoms with Crippen LogP contribution in [0.4, 0.5) is 0 Å². The Morgan fingerprint density at radius 2 is 2.40 bits per heavy atom. The number of hydrogen-bond donors (Lipinski definition) is 1. The molecule has 3 nitrogen and oxygen atoms in total. The maximum atomic E-state index is 5.10. The number of hydrogen-bond acceptors (Lipinski definition) is 3. The third-order valence-electron chi connectivity index (χ3n) is 1.05. The van der Waals surface area contributed by atoms with Crippen LogP contribution in [-0.4, -0.2) is 25.8 Å². The van der Waals surface area contributed by atoms with Gasteiger partial charge in [0.15, 0.2) is 0 Å². The van der Waals surface area contributed by atoms with E-state index in [0.29, 0.717) is 6.61 Å². The summed E-state index contributed by atoms with van der Waals surface area (Å²) in [5.41, 5.74) is 0. The lowest BCUT2D eigenvalue weighted by Crippen LogP contribution is -2.25. The second-order valence-corrected chi connectivity index (χ2v) is 1.78. The van der Waals surface area contributed by atoms with E-state index in [0.717, 1.165) is 5.82 Å². The molecule has 0 aromatic rings. The molecule has 0 spiro atoms. The van der Waals surface area contributed by atoms with Crippen LogP contribution in [0, 0.1) is 0 Å². The van der Waals surface area contributed by atoms with Gasteiger partial charge in [-0.2, -0.15) is 0 Å². The standard InChI is InChI=1S/C7H14N2O/c1-5-6-10-9(4)7(2)8-3/h5,8H,1-2,6H2,3-4H3. The van der Waals surface area contributed by atoms with E-state index in [1.54, 1.807) is 25.2 Å². The molecule has 0 aliphatic heterocycles. The normalized spacial score (nSPS) is 8.60. The van der Waals surface area contributed by atoms with Crippen molar-refractivity contribution >= 4 is 0 Å². The zero-order valence-electron chi connectivity index (χ0n) is 6.55. The second kappa shape index (κ2) is 4.88. The molecule has 0 saturated heterocycles. The van der Waals surface area contributed by atoms with Gasteiger partial charge >= 0.3 is 0 Å². The molecule has 0 amide bonds. The Morgan fingerprint density at radius 3 is 2.80 bits per heavy atom. The van der Waals surface area contributed by atoms with Crippen LogP contribution in [-0.2, 0) is 4.84 Å². The highest BCUT2D eigenvalue weighted by atomic mass is 16.7. The van der Waals surface area contributed by atoms with E-state index in [2.05, 4.69) is 18.5 Å². The minimum absolute atomic E-state index is 0.497. The third kappa shape index (κ3) is 3.14. The van der Waals surface area contributed by atoms with Crippen LogP contribution in [0.25, 0.3) is 0 Å². The Labute approximate surface area is 61.9 Å². The molecule has 1 N–H and O–H groups in total. The summed E-state index contributed by atoms with van der Waals surface area (Å²) in [6.45, 7) is 7.69. The Kier molecular flexibility index (Phi) is 4.41. The molecule has 0 heterocycles. The van der Waals surface area contributed by atoms with Crippen molar-refractivity contribution < 1.29 is 4.84 Å². The lowest BCUT2D eigenvalue weighted by Gasteiger charge is -2.18. The zero-order chi connectivity index (χ0) is 7.98. The molecule has 0 fully saturated rings. The topological polar surface area (TPSA) is 24.5 Å². The van der Waals surface area contributed by atoms with Crippen molar-refractivity contribution in [1.82, 2.24) is 10.4 Å². The molecule has 0 radical (unpaired) electrons. The van der Waals surface area contributed by atoms with Gasteiger partial charge < -0.3 is 5.32 Å².